The van der Waals surface area contributed by atoms with Crippen molar-refractivity contribution < 1.29 is 9.21 Å². The van der Waals surface area contributed by atoms with Crippen LogP contribution in [-0.2, 0) is 6.54 Å². The Morgan fingerprint density at radius 2 is 1.82 bits per heavy atom. The third-order valence-corrected chi connectivity index (χ3v) is 7.11. The molecule has 0 saturated heterocycles. The van der Waals surface area contributed by atoms with E-state index in [1.165, 1.54) is 0 Å². The van der Waals surface area contributed by atoms with Gasteiger partial charge < -0.3 is 9.73 Å². The van der Waals surface area contributed by atoms with E-state index in [0.29, 0.717) is 27.9 Å². The molecular formula is C26H18Cl2N2O2S. The molecule has 3 aromatic carbocycles. The summed E-state index contributed by atoms with van der Waals surface area (Å²) >= 11 is 14.1. The molecule has 5 rings (SSSR count). The molecule has 33 heavy (non-hydrogen) atoms. The smallest absolute Gasteiger partial charge is 0.251 e. The van der Waals surface area contributed by atoms with Crippen molar-refractivity contribution in [2.24, 2.45) is 4.99 Å². The second-order valence-corrected chi connectivity index (χ2v) is 9.46. The Balaban J connectivity index is 1.53. The molecule has 2 heterocycles. The number of rotatable bonds is 4. The third-order valence-electron chi connectivity index (χ3n) is 5.23. The summed E-state index contributed by atoms with van der Waals surface area (Å²) in [6.07, 6.45) is 0. The van der Waals surface area contributed by atoms with Gasteiger partial charge in [0, 0.05) is 26.5 Å². The first-order chi connectivity index (χ1) is 16.0. The highest BCUT2D eigenvalue weighted by Crippen LogP contribution is 2.42. The predicted molar refractivity (Wildman–Crippen MR) is 133 cm³/mol. The third kappa shape index (κ3) is 4.58. The van der Waals surface area contributed by atoms with Crippen molar-refractivity contribution in [3.63, 3.8) is 0 Å². The number of amides is 1. The van der Waals surface area contributed by atoms with Gasteiger partial charge in [-0.2, -0.15) is 0 Å². The lowest BCUT2D eigenvalue weighted by Crippen LogP contribution is -2.22. The van der Waals surface area contributed by atoms with E-state index < -0.39 is 0 Å². The minimum atomic E-state index is -0.190. The molecule has 0 aliphatic carbocycles. The average Bonchev–Trinajstić information content (AvgIpc) is 3.16. The maximum absolute atomic E-state index is 12.8. The van der Waals surface area contributed by atoms with E-state index in [0.717, 1.165) is 38.1 Å². The monoisotopic (exact) mass is 492 g/mol. The zero-order valence-corrected chi connectivity index (χ0v) is 19.9. The molecule has 1 aliphatic rings. The van der Waals surface area contributed by atoms with Crippen LogP contribution in [0.5, 0.6) is 0 Å². The number of aliphatic imine (C=N–C) groups is 1. The Hall–Kier alpha value is -2.99. The molecule has 0 saturated carbocycles. The van der Waals surface area contributed by atoms with Gasteiger partial charge in [-0.15, -0.1) is 0 Å². The Bertz CT molecular complexity index is 1410. The van der Waals surface area contributed by atoms with Crippen molar-refractivity contribution in [1.29, 1.82) is 0 Å². The number of furan rings is 1. The second kappa shape index (κ2) is 9.10. The first-order valence-electron chi connectivity index (χ1n) is 10.3. The van der Waals surface area contributed by atoms with Crippen molar-refractivity contribution in [3.05, 3.63) is 111 Å². The van der Waals surface area contributed by atoms with E-state index in [1.54, 1.807) is 17.8 Å². The minimum Gasteiger partial charge on any atom is -0.465 e. The molecule has 0 spiro atoms. The summed E-state index contributed by atoms with van der Waals surface area (Å²) in [5.41, 5.74) is 3.88. The molecule has 7 heteroatoms. The largest absolute Gasteiger partial charge is 0.465 e. The number of halogens is 2. The van der Waals surface area contributed by atoms with Crippen LogP contribution in [0, 0.1) is 6.92 Å². The van der Waals surface area contributed by atoms with Crippen LogP contribution in [0.4, 0.5) is 5.69 Å². The van der Waals surface area contributed by atoms with Gasteiger partial charge in [0.25, 0.3) is 5.91 Å². The van der Waals surface area contributed by atoms with E-state index >= 15 is 0 Å². The van der Waals surface area contributed by atoms with Crippen LogP contribution >= 0.6 is 35.0 Å². The molecule has 0 bridgehead atoms. The van der Waals surface area contributed by atoms with Gasteiger partial charge in [-0.25, -0.2) is 4.99 Å². The summed E-state index contributed by atoms with van der Waals surface area (Å²) in [4.78, 5) is 19.8. The lowest BCUT2D eigenvalue weighted by molar-refractivity contribution is 0.0948. The Morgan fingerprint density at radius 1 is 0.970 bits per heavy atom. The van der Waals surface area contributed by atoms with E-state index in [1.807, 2.05) is 67.6 Å². The number of carbonyl (C=O) groups is 1. The Kier molecular flexibility index (Phi) is 6.02. The molecule has 1 aromatic heterocycles. The fourth-order valence-corrected chi connectivity index (χ4v) is 4.90. The number of nitrogens with zero attached hydrogens (tertiary/aromatic N) is 1. The van der Waals surface area contributed by atoms with Crippen LogP contribution in [0.2, 0.25) is 10.0 Å². The second-order valence-electron chi connectivity index (χ2n) is 7.57. The van der Waals surface area contributed by atoms with Crippen LogP contribution in [0.1, 0.15) is 33.0 Å². The fraction of sp³-hybridized carbons (Fsp3) is 0.0769. The summed E-state index contributed by atoms with van der Waals surface area (Å²) < 4.78 is 5.53. The zero-order chi connectivity index (χ0) is 22.9. The molecule has 0 radical (unpaired) electrons. The standard InChI is InChI=1S/C26H18Cl2N2O2S/c1-15-6-9-18(32-15)14-29-26(31)17-8-11-24-22(13-17)30-25(16-7-10-20(27)21(28)12-16)19-4-2-3-5-23(19)33-24/h2-13H,14H2,1H3,(H,29,31). The summed E-state index contributed by atoms with van der Waals surface area (Å²) in [5.74, 6) is 1.33. The number of benzene rings is 3. The molecule has 1 amide bonds. The SMILES string of the molecule is Cc1ccc(CNC(=O)c2ccc3c(c2)N=C(c2ccc(Cl)c(Cl)c2)c2ccccc2S3)o1. The maximum Gasteiger partial charge on any atom is 0.251 e. The number of carbonyl (C=O) groups excluding carboxylic acids is 1. The Labute approximate surface area is 205 Å². The number of nitrogens with one attached hydrogen (secondary N) is 1. The van der Waals surface area contributed by atoms with Gasteiger partial charge in [-0.05, 0) is 55.5 Å². The van der Waals surface area contributed by atoms with Crippen molar-refractivity contribution in [1.82, 2.24) is 5.32 Å². The lowest BCUT2D eigenvalue weighted by atomic mass is 10.0. The van der Waals surface area contributed by atoms with Crippen LogP contribution in [0.25, 0.3) is 0 Å². The number of hydrogen-bond acceptors (Lipinski definition) is 4. The van der Waals surface area contributed by atoms with Crippen molar-refractivity contribution >= 4 is 52.3 Å². The predicted octanol–water partition coefficient (Wildman–Crippen LogP) is 7.46. The van der Waals surface area contributed by atoms with E-state index in [9.17, 15) is 4.79 Å². The number of aryl methyl sites for hydroxylation is 1. The molecule has 4 aromatic rings. The average molecular weight is 493 g/mol. The highest BCUT2D eigenvalue weighted by atomic mass is 35.5. The molecule has 1 aliphatic heterocycles. The summed E-state index contributed by atoms with van der Waals surface area (Å²) in [5, 5.41) is 3.86. The van der Waals surface area contributed by atoms with Gasteiger partial charge in [0.1, 0.15) is 11.5 Å². The molecular weight excluding hydrogens is 475 g/mol. The van der Waals surface area contributed by atoms with Gasteiger partial charge in [-0.1, -0.05) is 59.2 Å². The van der Waals surface area contributed by atoms with Gasteiger partial charge in [0.2, 0.25) is 0 Å². The minimum absolute atomic E-state index is 0.190. The zero-order valence-electron chi connectivity index (χ0n) is 17.6. The topological polar surface area (TPSA) is 54.6 Å². The van der Waals surface area contributed by atoms with Crippen LogP contribution < -0.4 is 5.32 Å². The number of fused-ring (bicyclic) bond motifs is 2. The van der Waals surface area contributed by atoms with E-state index in [-0.39, 0.29) is 5.91 Å². The first kappa shape index (κ1) is 21.8. The summed E-state index contributed by atoms with van der Waals surface area (Å²) in [6.45, 7) is 2.19. The highest BCUT2D eigenvalue weighted by molar-refractivity contribution is 7.99. The van der Waals surface area contributed by atoms with E-state index in [4.69, 9.17) is 32.6 Å². The Morgan fingerprint density at radius 3 is 2.61 bits per heavy atom. The van der Waals surface area contributed by atoms with Crippen molar-refractivity contribution in [2.45, 2.75) is 23.3 Å². The molecule has 0 fully saturated rings. The van der Waals surface area contributed by atoms with Crippen molar-refractivity contribution in [2.75, 3.05) is 0 Å². The van der Waals surface area contributed by atoms with Gasteiger partial charge in [-0.3, -0.25) is 4.79 Å². The number of hydrogen-bond donors (Lipinski definition) is 1. The van der Waals surface area contributed by atoms with Crippen LogP contribution in [0.15, 0.2) is 92.0 Å². The van der Waals surface area contributed by atoms with Gasteiger partial charge in [0.05, 0.1) is 28.0 Å². The van der Waals surface area contributed by atoms with Crippen LogP contribution in [-0.4, -0.2) is 11.6 Å². The summed E-state index contributed by atoms with van der Waals surface area (Å²) in [6, 6.07) is 22.9. The quantitative estimate of drug-likeness (QED) is 0.283. The first-order valence-corrected chi connectivity index (χ1v) is 11.8. The van der Waals surface area contributed by atoms with Gasteiger partial charge >= 0.3 is 0 Å². The summed E-state index contributed by atoms with van der Waals surface area (Å²) in [7, 11) is 0. The fourth-order valence-electron chi connectivity index (χ4n) is 3.60. The maximum atomic E-state index is 12.8. The van der Waals surface area contributed by atoms with Gasteiger partial charge in [0.15, 0.2) is 0 Å². The van der Waals surface area contributed by atoms with Crippen LogP contribution in [0.3, 0.4) is 0 Å². The van der Waals surface area contributed by atoms with Crippen molar-refractivity contribution in [3.8, 4) is 0 Å². The normalized spacial score (nSPS) is 12.4. The lowest BCUT2D eigenvalue weighted by Gasteiger charge is -2.10. The van der Waals surface area contributed by atoms with E-state index in [2.05, 4.69) is 11.4 Å². The molecule has 1 N–H and O–H groups in total. The molecule has 0 unspecified atom stereocenters. The highest BCUT2D eigenvalue weighted by Gasteiger charge is 2.20. The molecule has 0 atom stereocenters. The molecule has 4 nitrogen and oxygen atoms in total. The molecule has 164 valence electrons.